The van der Waals surface area contributed by atoms with Gasteiger partial charge >= 0.3 is 0 Å². The average Bonchev–Trinajstić information content (AvgIpc) is 3.20. The SMILES string of the molecule is CC(C)(C)C(N)C(=O)N1C[C@H]2[C@@H]([C@H]1C(=O)NC(CC1CCc3ccnn31)C(N)=O)C2(C)C. The Morgan fingerprint density at radius 2 is 2.00 bits per heavy atom. The molecule has 9 nitrogen and oxygen atoms in total. The molecule has 3 unspecified atom stereocenters. The van der Waals surface area contributed by atoms with Crippen molar-refractivity contribution in [2.24, 2.45) is 34.1 Å². The molecule has 1 saturated carbocycles. The molecule has 32 heavy (non-hydrogen) atoms. The second kappa shape index (κ2) is 7.57. The number of nitrogens with zero attached hydrogens (tertiary/aromatic N) is 3. The summed E-state index contributed by atoms with van der Waals surface area (Å²) in [5, 5.41) is 7.22. The summed E-state index contributed by atoms with van der Waals surface area (Å²) in [5.74, 6) is -0.805. The van der Waals surface area contributed by atoms with Gasteiger partial charge in [-0.1, -0.05) is 34.6 Å². The lowest BCUT2D eigenvalue weighted by Gasteiger charge is -2.36. The molecule has 1 aromatic rings. The van der Waals surface area contributed by atoms with E-state index in [1.165, 1.54) is 0 Å². The van der Waals surface area contributed by atoms with Crippen LogP contribution in [0.2, 0.25) is 0 Å². The Hall–Kier alpha value is -2.42. The van der Waals surface area contributed by atoms with E-state index in [2.05, 4.69) is 24.3 Å². The van der Waals surface area contributed by atoms with Crippen molar-refractivity contribution in [2.75, 3.05) is 6.54 Å². The number of hydrogen-bond donors (Lipinski definition) is 3. The highest BCUT2D eigenvalue weighted by Crippen LogP contribution is 2.65. The fourth-order valence-corrected chi connectivity index (χ4v) is 5.66. The molecule has 176 valence electrons. The van der Waals surface area contributed by atoms with Crippen LogP contribution in [-0.4, -0.2) is 57.1 Å². The minimum absolute atomic E-state index is 0.0125. The monoisotopic (exact) mass is 444 g/mol. The number of nitrogens with two attached hydrogens (primary N) is 2. The predicted molar refractivity (Wildman–Crippen MR) is 119 cm³/mol. The van der Waals surface area contributed by atoms with Gasteiger partial charge in [-0.15, -0.1) is 0 Å². The fraction of sp³-hybridized carbons (Fsp3) is 0.739. The van der Waals surface area contributed by atoms with E-state index < -0.39 is 29.4 Å². The van der Waals surface area contributed by atoms with Gasteiger partial charge in [0.05, 0.1) is 12.1 Å². The number of piperidine rings is 1. The highest BCUT2D eigenvalue weighted by Gasteiger charge is 2.69. The Balaban J connectivity index is 1.51. The molecule has 2 aliphatic heterocycles. The van der Waals surface area contributed by atoms with E-state index in [9.17, 15) is 14.4 Å². The van der Waals surface area contributed by atoms with Crippen LogP contribution in [-0.2, 0) is 20.8 Å². The van der Waals surface area contributed by atoms with E-state index in [0.29, 0.717) is 13.0 Å². The highest BCUT2D eigenvalue weighted by atomic mass is 16.2. The van der Waals surface area contributed by atoms with Crippen molar-refractivity contribution in [1.82, 2.24) is 20.0 Å². The van der Waals surface area contributed by atoms with E-state index >= 15 is 0 Å². The number of likely N-dealkylation sites (tertiary alicyclic amines) is 1. The third-order valence-electron chi connectivity index (χ3n) is 7.96. The minimum Gasteiger partial charge on any atom is -0.368 e. The summed E-state index contributed by atoms with van der Waals surface area (Å²) in [4.78, 5) is 40.5. The van der Waals surface area contributed by atoms with Crippen LogP contribution < -0.4 is 16.8 Å². The molecule has 3 amide bonds. The van der Waals surface area contributed by atoms with Crippen molar-refractivity contribution in [3.8, 4) is 0 Å². The van der Waals surface area contributed by atoms with Gasteiger partial charge in [-0.3, -0.25) is 19.1 Å². The number of carbonyl (C=O) groups excluding carboxylic acids is 3. The molecule has 1 saturated heterocycles. The van der Waals surface area contributed by atoms with Crippen molar-refractivity contribution in [1.29, 1.82) is 0 Å². The Labute approximate surface area is 189 Å². The zero-order chi connectivity index (χ0) is 23.6. The Bertz CT molecular complexity index is 932. The van der Waals surface area contributed by atoms with Gasteiger partial charge in [0, 0.05) is 18.4 Å². The van der Waals surface area contributed by atoms with Crippen molar-refractivity contribution >= 4 is 17.7 Å². The maximum Gasteiger partial charge on any atom is 0.243 e. The number of aromatic nitrogens is 2. The number of carbonyl (C=O) groups is 3. The lowest BCUT2D eigenvalue weighted by molar-refractivity contribution is -0.143. The second-order valence-electron chi connectivity index (χ2n) is 11.4. The lowest BCUT2D eigenvalue weighted by atomic mass is 9.86. The number of fused-ring (bicyclic) bond motifs is 2. The molecular formula is C23H36N6O3. The molecule has 1 aliphatic carbocycles. The molecule has 0 bridgehead atoms. The van der Waals surface area contributed by atoms with Gasteiger partial charge in [0.2, 0.25) is 17.7 Å². The molecule has 1 aromatic heterocycles. The minimum atomic E-state index is -0.822. The van der Waals surface area contributed by atoms with E-state index in [-0.39, 0.29) is 35.1 Å². The van der Waals surface area contributed by atoms with Gasteiger partial charge in [0.15, 0.2) is 0 Å². The van der Waals surface area contributed by atoms with Crippen LogP contribution in [0.4, 0.5) is 0 Å². The van der Waals surface area contributed by atoms with E-state index in [1.54, 1.807) is 11.1 Å². The molecule has 9 heteroatoms. The zero-order valence-electron chi connectivity index (χ0n) is 19.7. The van der Waals surface area contributed by atoms with E-state index in [1.807, 2.05) is 31.5 Å². The van der Waals surface area contributed by atoms with Gasteiger partial charge in [-0.05, 0) is 48.0 Å². The molecule has 3 heterocycles. The van der Waals surface area contributed by atoms with E-state index in [4.69, 9.17) is 11.5 Å². The number of rotatable bonds is 6. The molecular weight excluding hydrogens is 408 g/mol. The molecule has 0 spiro atoms. The summed E-state index contributed by atoms with van der Waals surface area (Å²) in [6.45, 7) is 10.5. The standard InChI is InChI=1S/C23H36N6O3/c1-22(2,3)18(24)21(32)28-11-14-16(23(14,4)5)17(28)20(31)27-15(19(25)30)10-13-7-6-12-8-9-26-29(12)13/h8-9,13-18H,6-7,10-11,24H2,1-5H3,(H2,25,30)(H,27,31)/t13?,14-,15?,16-,17-,18?/m0/s1. The fourth-order valence-electron chi connectivity index (χ4n) is 5.66. The first-order valence-corrected chi connectivity index (χ1v) is 11.5. The van der Waals surface area contributed by atoms with Gasteiger partial charge in [0.1, 0.15) is 12.1 Å². The quantitative estimate of drug-likeness (QED) is 0.590. The topological polar surface area (TPSA) is 136 Å². The maximum absolute atomic E-state index is 13.5. The van der Waals surface area contributed by atoms with E-state index in [0.717, 1.165) is 18.5 Å². The zero-order valence-corrected chi connectivity index (χ0v) is 19.7. The van der Waals surface area contributed by atoms with Gasteiger partial charge in [0.25, 0.3) is 0 Å². The Morgan fingerprint density at radius 3 is 2.62 bits per heavy atom. The molecule has 0 radical (unpaired) electrons. The normalized spacial score (nSPS) is 29.8. The summed E-state index contributed by atoms with van der Waals surface area (Å²) in [6, 6.07) is -0.188. The summed E-state index contributed by atoms with van der Waals surface area (Å²) < 4.78 is 1.91. The average molecular weight is 445 g/mol. The van der Waals surface area contributed by atoms with Crippen LogP contribution in [0.25, 0.3) is 0 Å². The van der Waals surface area contributed by atoms with Crippen LogP contribution >= 0.6 is 0 Å². The molecule has 3 aliphatic rings. The largest absolute Gasteiger partial charge is 0.368 e. The lowest BCUT2D eigenvalue weighted by Crippen LogP contribution is -2.59. The molecule has 5 N–H and O–H groups in total. The first-order chi connectivity index (χ1) is 14.8. The molecule has 4 rings (SSSR count). The van der Waals surface area contributed by atoms with Crippen molar-refractivity contribution in [2.45, 2.75) is 78.0 Å². The Kier molecular flexibility index (Phi) is 5.39. The number of nitrogens with one attached hydrogen (secondary N) is 1. The predicted octanol–water partition coefficient (Wildman–Crippen LogP) is 0.587. The van der Waals surface area contributed by atoms with Gasteiger partial charge in [-0.2, -0.15) is 5.10 Å². The van der Waals surface area contributed by atoms with Crippen LogP contribution in [0, 0.1) is 22.7 Å². The third-order valence-corrected chi connectivity index (χ3v) is 7.96. The molecule has 6 atom stereocenters. The summed E-state index contributed by atoms with van der Waals surface area (Å²) in [7, 11) is 0. The number of aryl methyl sites for hydroxylation is 1. The summed E-state index contributed by atoms with van der Waals surface area (Å²) >= 11 is 0. The van der Waals surface area contributed by atoms with Crippen LogP contribution in [0.1, 0.15) is 59.2 Å². The Morgan fingerprint density at radius 1 is 1.31 bits per heavy atom. The maximum atomic E-state index is 13.5. The third kappa shape index (κ3) is 3.70. The van der Waals surface area contributed by atoms with Crippen molar-refractivity contribution in [3.63, 3.8) is 0 Å². The van der Waals surface area contributed by atoms with Gasteiger partial charge < -0.3 is 21.7 Å². The molecule has 0 aromatic carbocycles. The summed E-state index contributed by atoms with van der Waals surface area (Å²) in [6.07, 6.45) is 3.87. The highest BCUT2D eigenvalue weighted by molar-refractivity contribution is 5.94. The van der Waals surface area contributed by atoms with Crippen molar-refractivity contribution < 1.29 is 14.4 Å². The number of amides is 3. The number of hydrogen-bond acceptors (Lipinski definition) is 5. The first-order valence-electron chi connectivity index (χ1n) is 11.5. The number of primary amides is 1. The smallest absolute Gasteiger partial charge is 0.243 e. The summed E-state index contributed by atoms with van der Waals surface area (Å²) in [5.41, 5.74) is 12.6. The van der Waals surface area contributed by atoms with Crippen molar-refractivity contribution in [3.05, 3.63) is 18.0 Å². The van der Waals surface area contributed by atoms with Crippen LogP contribution in [0.5, 0.6) is 0 Å². The first kappa shape index (κ1) is 22.8. The van der Waals surface area contributed by atoms with Crippen LogP contribution in [0.15, 0.2) is 12.3 Å². The second-order valence-corrected chi connectivity index (χ2v) is 11.4. The van der Waals surface area contributed by atoms with Gasteiger partial charge in [-0.25, -0.2) is 0 Å². The molecule has 2 fully saturated rings. The van der Waals surface area contributed by atoms with Crippen LogP contribution in [0.3, 0.4) is 0 Å².